The van der Waals surface area contributed by atoms with E-state index in [0.717, 1.165) is 11.3 Å². The van der Waals surface area contributed by atoms with Gasteiger partial charge in [0.2, 0.25) is 11.9 Å². The normalized spacial score (nSPS) is 11.5. The highest BCUT2D eigenvalue weighted by Gasteiger charge is 2.18. The van der Waals surface area contributed by atoms with E-state index < -0.39 is 12.1 Å². The van der Waals surface area contributed by atoms with Gasteiger partial charge in [-0.25, -0.2) is 4.79 Å². The fourth-order valence-corrected chi connectivity index (χ4v) is 2.67. The van der Waals surface area contributed by atoms with Crippen LogP contribution < -0.4 is 15.8 Å². The lowest BCUT2D eigenvalue weighted by atomic mass is 10.1. The van der Waals surface area contributed by atoms with E-state index in [-0.39, 0.29) is 30.1 Å². The molecule has 0 spiro atoms. The average molecular weight is 421 g/mol. The van der Waals surface area contributed by atoms with E-state index in [1.165, 1.54) is 6.92 Å². The molecule has 0 amide bonds. The van der Waals surface area contributed by atoms with Gasteiger partial charge < -0.3 is 20.5 Å². The number of anilines is 3. The number of hydrogen-bond donors (Lipinski definition) is 2. The molecule has 0 aliphatic heterocycles. The van der Waals surface area contributed by atoms with Gasteiger partial charge in [0.05, 0.1) is 0 Å². The first kappa shape index (κ1) is 21.7. The van der Waals surface area contributed by atoms with Crippen LogP contribution in [0.15, 0.2) is 48.5 Å². The SMILES string of the molecule is CC(=O)c1ccc(OC(C)C(=O)OCc2nc(N)nc(Nc3ccccc3C)n2)cc1. The van der Waals surface area contributed by atoms with Crippen molar-refractivity contribution in [2.45, 2.75) is 33.5 Å². The molecule has 0 radical (unpaired) electrons. The van der Waals surface area contributed by atoms with Crippen molar-refractivity contribution in [3.63, 3.8) is 0 Å². The third-order valence-corrected chi connectivity index (χ3v) is 4.34. The second-order valence-electron chi connectivity index (χ2n) is 6.82. The molecule has 31 heavy (non-hydrogen) atoms. The summed E-state index contributed by atoms with van der Waals surface area (Å²) in [5.41, 5.74) is 8.16. The fourth-order valence-electron chi connectivity index (χ4n) is 2.67. The minimum absolute atomic E-state index is 0.00647. The molecule has 1 aromatic heterocycles. The van der Waals surface area contributed by atoms with E-state index in [9.17, 15) is 9.59 Å². The number of nitrogens with one attached hydrogen (secondary N) is 1. The van der Waals surface area contributed by atoms with Crippen molar-refractivity contribution >= 4 is 29.3 Å². The molecule has 1 atom stereocenters. The van der Waals surface area contributed by atoms with Crippen LogP contribution in [0.5, 0.6) is 5.75 Å². The van der Waals surface area contributed by atoms with Crippen molar-refractivity contribution in [1.82, 2.24) is 15.0 Å². The Morgan fingerprint density at radius 3 is 2.45 bits per heavy atom. The molecule has 0 saturated heterocycles. The second kappa shape index (κ2) is 9.66. The molecule has 2 aromatic carbocycles. The maximum atomic E-state index is 12.3. The van der Waals surface area contributed by atoms with Crippen molar-refractivity contribution < 1.29 is 19.1 Å². The van der Waals surface area contributed by atoms with Crippen LogP contribution >= 0.6 is 0 Å². The van der Waals surface area contributed by atoms with Crippen LogP contribution in [0.25, 0.3) is 0 Å². The van der Waals surface area contributed by atoms with E-state index in [1.54, 1.807) is 31.2 Å². The molecule has 0 aliphatic rings. The van der Waals surface area contributed by atoms with E-state index >= 15 is 0 Å². The first-order valence-electron chi connectivity index (χ1n) is 9.59. The predicted molar refractivity (Wildman–Crippen MR) is 115 cm³/mol. The minimum Gasteiger partial charge on any atom is -0.479 e. The second-order valence-corrected chi connectivity index (χ2v) is 6.82. The van der Waals surface area contributed by atoms with Gasteiger partial charge in [-0.3, -0.25) is 4.79 Å². The zero-order valence-electron chi connectivity index (χ0n) is 17.5. The van der Waals surface area contributed by atoms with Gasteiger partial charge in [0.1, 0.15) is 5.75 Å². The Kier molecular flexibility index (Phi) is 6.76. The molecule has 9 nitrogen and oxygen atoms in total. The molecule has 3 N–H and O–H groups in total. The molecule has 160 valence electrons. The molecule has 0 aliphatic carbocycles. The molecule has 9 heteroatoms. The number of nitrogen functional groups attached to an aromatic ring is 1. The monoisotopic (exact) mass is 421 g/mol. The Hall–Kier alpha value is -4.01. The molecule has 3 rings (SSSR count). The highest BCUT2D eigenvalue weighted by molar-refractivity contribution is 5.94. The lowest BCUT2D eigenvalue weighted by Crippen LogP contribution is -2.26. The Morgan fingerprint density at radius 2 is 1.77 bits per heavy atom. The number of ketones is 1. The summed E-state index contributed by atoms with van der Waals surface area (Å²) in [4.78, 5) is 35.9. The highest BCUT2D eigenvalue weighted by Crippen LogP contribution is 2.18. The van der Waals surface area contributed by atoms with Gasteiger partial charge in [0.15, 0.2) is 24.3 Å². The molecular weight excluding hydrogens is 398 g/mol. The maximum Gasteiger partial charge on any atom is 0.347 e. The van der Waals surface area contributed by atoms with Crippen LogP contribution in [0.2, 0.25) is 0 Å². The fraction of sp³-hybridized carbons (Fsp3) is 0.227. The van der Waals surface area contributed by atoms with Crippen molar-refractivity contribution in [2.75, 3.05) is 11.1 Å². The Morgan fingerprint density at radius 1 is 1.06 bits per heavy atom. The summed E-state index contributed by atoms with van der Waals surface area (Å²) in [6.45, 7) is 4.80. The Bertz CT molecular complexity index is 1090. The summed E-state index contributed by atoms with van der Waals surface area (Å²) in [7, 11) is 0. The van der Waals surface area contributed by atoms with Gasteiger partial charge in [-0.15, -0.1) is 0 Å². The van der Waals surface area contributed by atoms with Crippen LogP contribution in [0.1, 0.15) is 35.6 Å². The van der Waals surface area contributed by atoms with E-state index in [4.69, 9.17) is 15.2 Å². The Balaban J connectivity index is 1.59. The van der Waals surface area contributed by atoms with Gasteiger partial charge in [0, 0.05) is 11.3 Å². The van der Waals surface area contributed by atoms with Crippen molar-refractivity contribution in [1.29, 1.82) is 0 Å². The number of aryl methyl sites for hydroxylation is 1. The lowest BCUT2D eigenvalue weighted by Gasteiger charge is -2.14. The van der Waals surface area contributed by atoms with Crippen LogP contribution in [-0.4, -0.2) is 32.8 Å². The first-order chi connectivity index (χ1) is 14.8. The van der Waals surface area contributed by atoms with Crippen molar-refractivity contribution in [2.24, 2.45) is 0 Å². The molecule has 0 saturated carbocycles. The van der Waals surface area contributed by atoms with Gasteiger partial charge >= 0.3 is 5.97 Å². The van der Waals surface area contributed by atoms with Crippen LogP contribution in [0, 0.1) is 6.92 Å². The summed E-state index contributed by atoms with van der Waals surface area (Å²) < 4.78 is 10.8. The number of carbonyl (C=O) groups is 2. The largest absolute Gasteiger partial charge is 0.479 e. The third kappa shape index (κ3) is 5.99. The number of carbonyl (C=O) groups excluding carboxylic acids is 2. The minimum atomic E-state index is -0.869. The van der Waals surface area contributed by atoms with Crippen LogP contribution in [0.3, 0.4) is 0 Å². The van der Waals surface area contributed by atoms with Gasteiger partial charge in [-0.2, -0.15) is 15.0 Å². The van der Waals surface area contributed by atoms with E-state index in [2.05, 4.69) is 20.3 Å². The number of rotatable bonds is 8. The van der Waals surface area contributed by atoms with E-state index in [1.807, 2.05) is 31.2 Å². The molecule has 0 bridgehead atoms. The molecule has 0 fully saturated rings. The first-order valence-corrected chi connectivity index (χ1v) is 9.59. The highest BCUT2D eigenvalue weighted by atomic mass is 16.6. The van der Waals surface area contributed by atoms with Gasteiger partial charge in [-0.1, -0.05) is 18.2 Å². The number of para-hydroxylation sites is 1. The van der Waals surface area contributed by atoms with Crippen molar-refractivity contribution in [3.05, 3.63) is 65.5 Å². The molecule has 1 heterocycles. The smallest absolute Gasteiger partial charge is 0.347 e. The summed E-state index contributed by atoms with van der Waals surface area (Å²) in [5, 5.41) is 3.08. The summed E-state index contributed by atoms with van der Waals surface area (Å²) in [6, 6.07) is 14.2. The number of hydrogen-bond acceptors (Lipinski definition) is 9. The maximum absolute atomic E-state index is 12.3. The lowest BCUT2D eigenvalue weighted by molar-refractivity contribution is -0.152. The van der Waals surface area contributed by atoms with Crippen LogP contribution in [-0.2, 0) is 16.1 Å². The quantitative estimate of drug-likeness (QED) is 0.416. The molecular formula is C22H23N5O4. The molecule has 1 unspecified atom stereocenters. The molecule has 3 aromatic rings. The number of nitrogens with two attached hydrogens (primary N) is 1. The number of aromatic nitrogens is 3. The van der Waals surface area contributed by atoms with Crippen LogP contribution in [0.4, 0.5) is 17.6 Å². The third-order valence-electron chi connectivity index (χ3n) is 4.34. The standard InChI is InChI=1S/C22H23N5O4/c1-13-6-4-5-7-18(13)24-22-26-19(25-21(23)27-22)12-30-20(29)15(3)31-17-10-8-16(9-11-17)14(2)28/h4-11,15H,12H2,1-3H3,(H3,23,24,25,26,27). The predicted octanol–water partition coefficient (Wildman–Crippen LogP) is 3.22. The Labute approximate surface area is 179 Å². The summed E-state index contributed by atoms with van der Waals surface area (Å²) >= 11 is 0. The topological polar surface area (TPSA) is 129 Å². The zero-order chi connectivity index (χ0) is 22.4. The number of Topliss-reactive ketones (excluding diaryl/α,β-unsaturated/α-hetero) is 1. The van der Waals surface area contributed by atoms with E-state index in [0.29, 0.717) is 11.3 Å². The number of ether oxygens (including phenoxy) is 2. The van der Waals surface area contributed by atoms with Gasteiger partial charge in [0.25, 0.3) is 0 Å². The summed E-state index contributed by atoms with van der Waals surface area (Å²) in [5.74, 6) is 0.267. The number of esters is 1. The zero-order valence-corrected chi connectivity index (χ0v) is 17.5. The number of nitrogens with zero attached hydrogens (tertiary/aromatic N) is 3. The van der Waals surface area contributed by atoms with Gasteiger partial charge in [-0.05, 0) is 56.7 Å². The van der Waals surface area contributed by atoms with Crippen molar-refractivity contribution in [3.8, 4) is 5.75 Å². The average Bonchev–Trinajstić information content (AvgIpc) is 2.73. The number of benzene rings is 2. The summed E-state index contributed by atoms with van der Waals surface area (Å²) in [6.07, 6.45) is -0.869.